The molecule has 1 aromatic rings. The molecule has 0 aliphatic rings. The van der Waals surface area contributed by atoms with Crippen molar-refractivity contribution in [3.63, 3.8) is 0 Å². The predicted octanol–water partition coefficient (Wildman–Crippen LogP) is 1.82. The number of nitrogens with zero attached hydrogens (tertiary/aromatic N) is 1. The van der Waals surface area contributed by atoms with Crippen molar-refractivity contribution in [2.45, 2.75) is 26.3 Å². The van der Waals surface area contributed by atoms with Crippen LogP contribution in [0.5, 0.6) is 5.75 Å². The number of nitrogens with one attached hydrogen (secondary N) is 1. The van der Waals surface area contributed by atoms with Crippen molar-refractivity contribution in [2.75, 3.05) is 20.3 Å². The number of rotatable bonds is 7. The number of carbonyl (C=O) groups is 1. The van der Waals surface area contributed by atoms with Crippen LogP contribution < -0.4 is 10.1 Å². The van der Waals surface area contributed by atoms with Gasteiger partial charge in [0.15, 0.2) is 5.75 Å². The number of likely N-dealkylation sites (N-methyl/N-ethyl adjacent to an activating group) is 1. The van der Waals surface area contributed by atoms with E-state index < -0.39 is 16.4 Å². The predicted molar refractivity (Wildman–Crippen MR) is 77.4 cm³/mol. The Hall–Kier alpha value is -2.15. The Morgan fingerprint density at radius 1 is 1.48 bits per heavy atom. The summed E-state index contributed by atoms with van der Waals surface area (Å²) >= 11 is 0. The first-order valence-corrected chi connectivity index (χ1v) is 6.55. The second kappa shape index (κ2) is 7.03. The lowest BCUT2D eigenvalue weighted by atomic mass is 10.0. The number of ether oxygens (including phenoxy) is 2. The molecular formula is C14H20N2O5. The molecule has 0 bridgehead atoms. The second-order valence-electron chi connectivity index (χ2n) is 4.87. The molecule has 0 amide bonds. The summed E-state index contributed by atoms with van der Waals surface area (Å²) in [6.45, 7) is 5.69. The first-order valence-electron chi connectivity index (χ1n) is 6.55. The first kappa shape index (κ1) is 16.9. The van der Waals surface area contributed by atoms with Crippen LogP contribution >= 0.6 is 0 Å². The molecule has 0 aromatic heterocycles. The van der Waals surface area contributed by atoms with Gasteiger partial charge in [0, 0.05) is 6.07 Å². The highest BCUT2D eigenvalue weighted by Gasteiger charge is 2.35. The molecule has 0 aliphatic heterocycles. The van der Waals surface area contributed by atoms with Crippen LogP contribution in [-0.4, -0.2) is 36.7 Å². The summed E-state index contributed by atoms with van der Waals surface area (Å²) in [6, 6.07) is 4.67. The smallest absolute Gasteiger partial charge is 0.329 e. The molecule has 0 aliphatic carbocycles. The lowest BCUT2D eigenvalue weighted by molar-refractivity contribution is -0.386. The minimum Gasteiger partial charge on any atom is -0.484 e. The normalized spacial score (nSPS) is 13.3. The molecule has 7 nitrogen and oxygen atoms in total. The zero-order valence-electron chi connectivity index (χ0n) is 12.6. The van der Waals surface area contributed by atoms with Gasteiger partial charge in [-0.2, -0.15) is 0 Å². The number of methoxy groups -OCH3 is 1. The molecule has 1 N–H and O–H groups in total. The summed E-state index contributed by atoms with van der Waals surface area (Å²) < 4.78 is 10.2. The van der Waals surface area contributed by atoms with Gasteiger partial charge in [-0.15, -0.1) is 0 Å². The summed E-state index contributed by atoms with van der Waals surface area (Å²) in [5.74, 6) is -0.363. The molecule has 1 atom stereocenters. The Labute approximate surface area is 123 Å². The number of hydrogen-bond acceptors (Lipinski definition) is 6. The van der Waals surface area contributed by atoms with Gasteiger partial charge in [0.2, 0.25) is 0 Å². The van der Waals surface area contributed by atoms with Gasteiger partial charge in [-0.3, -0.25) is 15.4 Å². The van der Waals surface area contributed by atoms with Gasteiger partial charge in [0.05, 0.1) is 12.0 Å². The lowest BCUT2D eigenvalue weighted by Gasteiger charge is -2.27. The van der Waals surface area contributed by atoms with E-state index in [4.69, 9.17) is 9.47 Å². The molecule has 21 heavy (non-hydrogen) atoms. The summed E-state index contributed by atoms with van der Waals surface area (Å²) in [5.41, 5.74) is -0.433. The van der Waals surface area contributed by atoms with E-state index in [0.717, 1.165) is 5.56 Å². The zero-order chi connectivity index (χ0) is 16.0. The highest BCUT2D eigenvalue weighted by molar-refractivity contribution is 5.80. The fraction of sp³-hybridized carbons (Fsp3) is 0.500. The Morgan fingerprint density at radius 2 is 2.14 bits per heavy atom. The largest absolute Gasteiger partial charge is 0.484 e. The maximum absolute atomic E-state index is 11.8. The third kappa shape index (κ3) is 4.16. The Bertz CT molecular complexity index is 532. The van der Waals surface area contributed by atoms with E-state index >= 15 is 0 Å². The molecule has 0 saturated carbocycles. The SMILES string of the molecule is CCNC(C)(COc1ccc(C)cc1[N+](=O)[O-])C(=O)OC. The van der Waals surface area contributed by atoms with Crippen molar-refractivity contribution < 1.29 is 19.2 Å². The second-order valence-corrected chi connectivity index (χ2v) is 4.87. The summed E-state index contributed by atoms with van der Waals surface area (Å²) in [7, 11) is 1.28. The number of esters is 1. The van der Waals surface area contributed by atoms with Gasteiger partial charge in [0.25, 0.3) is 0 Å². The van der Waals surface area contributed by atoms with Gasteiger partial charge in [-0.25, -0.2) is 4.79 Å². The van der Waals surface area contributed by atoms with E-state index in [1.807, 2.05) is 6.92 Å². The Morgan fingerprint density at radius 3 is 2.67 bits per heavy atom. The van der Waals surface area contributed by atoms with Crippen molar-refractivity contribution in [3.8, 4) is 5.75 Å². The number of carbonyl (C=O) groups excluding carboxylic acids is 1. The van der Waals surface area contributed by atoms with Gasteiger partial charge in [-0.1, -0.05) is 13.0 Å². The molecule has 1 unspecified atom stereocenters. The van der Waals surface area contributed by atoms with Crippen LogP contribution in [0.2, 0.25) is 0 Å². The average molecular weight is 296 g/mol. The van der Waals surface area contributed by atoms with Crippen LogP contribution in [-0.2, 0) is 9.53 Å². The monoisotopic (exact) mass is 296 g/mol. The first-order chi connectivity index (χ1) is 9.84. The van der Waals surface area contributed by atoms with Gasteiger partial charge in [0.1, 0.15) is 12.1 Å². The van der Waals surface area contributed by atoms with Crippen LogP contribution in [0.3, 0.4) is 0 Å². The van der Waals surface area contributed by atoms with E-state index in [-0.39, 0.29) is 18.0 Å². The standard InChI is InChI=1S/C14H20N2O5/c1-5-15-14(3,13(17)20-4)9-21-12-7-6-10(2)8-11(12)16(18)19/h6-8,15H,5,9H2,1-4H3. The summed E-state index contributed by atoms with van der Waals surface area (Å²) in [6.07, 6.45) is 0. The minimum absolute atomic E-state index is 0.0720. The number of hydrogen-bond donors (Lipinski definition) is 1. The molecule has 1 aromatic carbocycles. The summed E-state index contributed by atoms with van der Waals surface area (Å²) in [5, 5.41) is 14.0. The van der Waals surface area contributed by atoms with Crippen molar-refractivity contribution >= 4 is 11.7 Å². The molecule has 7 heteroatoms. The number of nitro groups is 1. The molecule has 0 saturated heterocycles. The van der Waals surface area contributed by atoms with E-state index in [9.17, 15) is 14.9 Å². The fourth-order valence-electron chi connectivity index (χ4n) is 1.91. The molecule has 116 valence electrons. The highest BCUT2D eigenvalue weighted by atomic mass is 16.6. The maximum Gasteiger partial charge on any atom is 0.329 e. The molecule has 1 rings (SSSR count). The number of benzene rings is 1. The van der Waals surface area contributed by atoms with Crippen LogP contribution in [0.25, 0.3) is 0 Å². The Balaban J connectivity index is 2.95. The third-order valence-corrected chi connectivity index (χ3v) is 3.03. The van der Waals surface area contributed by atoms with E-state index in [0.29, 0.717) is 6.54 Å². The summed E-state index contributed by atoms with van der Waals surface area (Å²) in [4.78, 5) is 22.3. The minimum atomic E-state index is -1.07. The average Bonchev–Trinajstić information content (AvgIpc) is 2.45. The molecule has 0 spiro atoms. The Kier molecular flexibility index (Phi) is 5.66. The van der Waals surface area contributed by atoms with Gasteiger partial charge >= 0.3 is 11.7 Å². The van der Waals surface area contributed by atoms with Gasteiger partial charge < -0.3 is 9.47 Å². The quantitative estimate of drug-likeness (QED) is 0.469. The van der Waals surface area contributed by atoms with Crippen LogP contribution in [0, 0.1) is 17.0 Å². The highest BCUT2D eigenvalue weighted by Crippen LogP contribution is 2.28. The van der Waals surface area contributed by atoms with Crippen molar-refractivity contribution in [1.29, 1.82) is 0 Å². The lowest BCUT2D eigenvalue weighted by Crippen LogP contribution is -2.54. The molecular weight excluding hydrogens is 276 g/mol. The van der Waals surface area contributed by atoms with Crippen LogP contribution in [0.15, 0.2) is 18.2 Å². The van der Waals surface area contributed by atoms with Gasteiger partial charge in [-0.05, 0) is 32.0 Å². The maximum atomic E-state index is 11.8. The van der Waals surface area contributed by atoms with E-state index in [1.165, 1.54) is 19.2 Å². The van der Waals surface area contributed by atoms with Crippen molar-refractivity contribution in [3.05, 3.63) is 33.9 Å². The van der Waals surface area contributed by atoms with E-state index in [2.05, 4.69) is 5.32 Å². The number of aryl methyl sites for hydroxylation is 1. The molecule has 0 radical (unpaired) electrons. The van der Waals surface area contributed by atoms with Crippen molar-refractivity contribution in [2.24, 2.45) is 0 Å². The third-order valence-electron chi connectivity index (χ3n) is 3.03. The molecule has 0 fully saturated rings. The van der Waals surface area contributed by atoms with Crippen LogP contribution in [0.4, 0.5) is 5.69 Å². The molecule has 0 heterocycles. The topological polar surface area (TPSA) is 90.7 Å². The van der Waals surface area contributed by atoms with E-state index in [1.54, 1.807) is 19.9 Å². The number of nitro benzene ring substituents is 1. The fourth-order valence-corrected chi connectivity index (χ4v) is 1.91. The van der Waals surface area contributed by atoms with Crippen LogP contribution in [0.1, 0.15) is 19.4 Å². The van der Waals surface area contributed by atoms with Crippen molar-refractivity contribution in [1.82, 2.24) is 5.32 Å². The zero-order valence-corrected chi connectivity index (χ0v) is 12.6.